The van der Waals surface area contributed by atoms with Crippen LogP contribution >= 0.6 is 11.6 Å². The van der Waals surface area contributed by atoms with E-state index in [2.05, 4.69) is 11.4 Å². The third-order valence-corrected chi connectivity index (χ3v) is 4.73. The van der Waals surface area contributed by atoms with Gasteiger partial charge in [-0.15, -0.1) is 0 Å². The number of hydrogen-bond acceptors (Lipinski definition) is 4. The van der Waals surface area contributed by atoms with E-state index in [4.69, 9.17) is 11.6 Å². The molecule has 0 radical (unpaired) electrons. The van der Waals surface area contributed by atoms with Gasteiger partial charge in [0.25, 0.3) is 0 Å². The van der Waals surface area contributed by atoms with Crippen molar-refractivity contribution in [1.29, 1.82) is 5.26 Å². The standard InChI is InChI=1S/C20H19ClN4O2/c1-13-9-19(26)23-16-5-3-4-6-18(16)25(13)20(27)12-24(2)17-8-7-15(21)10-14(17)11-22/h3-8,10,13H,9,12H2,1-2H3,(H,23,26). The van der Waals surface area contributed by atoms with Crippen molar-refractivity contribution in [2.45, 2.75) is 19.4 Å². The van der Waals surface area contributed by atoms with Crippen LogP contribution in [-0.4, -0.2) is 31.4 Å². The van der Waals surface area contributed by atoms with Crippen LogP contribution in [-0.2, 0) is 9.59 Å². The highest BCUT2D eigenvalue weighted by Gasteiger charge is 2.30. The van der Waals surface area contributed by atoms with Crippen LogP contribution in [0.2, 0.25) is 5.02 Å². The number of anilines is 3. The van der Waals surface area contributed by atoms with Gasteiger partial charge in [-0.1, -0.05) is 23.7 Å². The zero-order valence-corrected chi connectivity index (χ0v) is 15.8. The van der Waals surface area contributed by atoms with Gasteiger partial charge in [0, 0.05) is 24.5 Å². The Morgan fingerprint density at radius 2 is 2.11 bits per heavy atom. The molecule has 0 aromatic heterocycles. The van der Waals surface area contributed by atoms with Crippen molar-refractivity contribution in [2.75, 3.05) is 28.7 Å². The van der Waals surface area contributed by atoms with Crippen molar-refractivity contribution in [2.24, 2.45) is 0 Å². The van der Waals surface area contributed by atoms with Crippen LogP contribution in [0.3, 0.4) is 0 Å². The first-order valence-corrected chi connectivity index (χ1v) is 8.90. The summed E-state index contributed by atoms with van der Waals surface area (Å²) in [7, 11) is 1.75. The summed E-state index contributed by atoms with van der Waals surface area (Å²) in [6, 6.07) is 14.1. The Morgan fingerprint density at radius 1 is 1.37 bits per heavy atom. The van der Waals surface area contributed by atoms with E-state index in [9.17, 15) is 14.9 Å². The fourth-order valence-electron chi connectivity index (χ4n) is 3.26. The van der Waals surface area contributed by atoms with Gasteiger partial charge in [-0.3, -0.25) is 9.59 Å². The zero-order valence-electron chi connectivity index (χ0n) is 15.1. The summed E-state index contributed by atoms with van der Waals surface area (Å²) in [5.41, 5.74) is 2.32. The lowest BCUT2D eigenvalue weighted by atomic mass is 10.1. The Hall–Kier alpha value is -3.04. The number of likely N-dealkylation sites (N-methyl/N-ethyl adjacent to an activating group) is 1. The van der Waals surface area contributed by atoms with Gasteiger partial charge in [0.05, 0.1) is 29.2 Å². The third-order valence-electron chi connectivity index (χ3n) is 4.49. The van der Waals surface area contributed by atoms with Gasteiger partial charge in [0.15, 0.2) is 0 Å². The maximum Gasteiger partial charge on any atom is 0.246 e. The Bertz CT molecular complexity index is 938. The lowest BCUT2D eigenvalue weighted by molar-refractivity contribution is -0.118. The highest BCUT2D eigenvalue weighted by atomic mass is 35.5. The molecule has 7 heteroatoms. The minimum Gasteiger partial charge on any atom is -0.364 e. The lowest BCUT2D eigenvalue weighted by Crippen LogP contribution is -2.44. The van der Waals surface area contributed by atoms with E-state index in [1.54, 1.807) is 41.1 Å². The lowest BCUT2D eigenvalue weighted by Gasteiger charge is -2.30. The van der Waals surface area contributed by atoms with E-state index in [-0.39, 0.29) is 30.8 Å². The molecule has 1 aliphatic heterocycles. The van der Waals surface area contributed by atoms with E-state index >= 15 is 0 Å². The van der Waals surface area contributed by atoms with E-state index in [0.717, 1.165) is 0 Å². The molecule has 0 saturated carbocycles. The van der Waals surface area contributed by atoms with E-state index in [1.165, 1.54) is 0 Å². The molecule has 6 nitrogen and oxygen atoms in total. The number of benzene rings is 2. The first-order chi connectivity index (χ1) is 12.9. The van der Waals surface area contributed by atoms with Gasteiger partial charge in [0.2, 0.25) is 11.8 Å². The number of fused-ring (bicyclic) bond motifs is 1. The fraction of sp³-hybridized carbons (Fsp3) is 0.250. The van der Waals surface area contributed by atoms with Crippen molar-refractivity contribution in [1.82, 2.24) is 0 Å². The van der Waals surface area contributed by atoms with E-state index in [1.807, 2.05) is 25.1 Å². The number of hydrogen-bond donors (Lipinski definition) is 1. The van der Waals surface area contributed by atoms with Gasteiger partial charge < -0.3 is 15.1 Å². The van der Waals surface area contributed by atoms with Crippen LogP contribution < -0.4 is 15.1 Å². The number of rotatable bonds is 3. The summed E-state index contributed by atoms with van der Waals surface area (Å²) in [6.45, 7) is 1.91. The molecule has 1 aliphatic rings. The van der Waals surface area contributed by atoms with Crippen molar-refractivity contribution in [3.05, 3.63) is 53.1 Å². The molecule has 1 unspecified atom stereocenters. The minimum absolute atomic E-state index is 0.0587. The van der Waals surface area contributed by atoms with Crippen LogP contribution in [0.25, 0.3) is 0 Å². The molecule has 27 heavy (non-hydrogen) atoms. The average Bonchev–Trinajstić information content (AvgIpc) is 2.75. The number of amides is 2. The second kappa shape index (κ2) is 7.68. The van der Waals surface area contributed by atoms with Crippen LogP contribution in [0.5, 0.6) is 0 Å². The number of halogens is 1. The predicted molar refractivity (Wildman–Crippen MR) is 106 cm³/mol. The second-order valence-corrected chi connectivity index (χ2v) is 6.95. The summed E-state index contributed by atoms with van der Waals surface area (Å²) < 4.78 is 0. The summed E-state index contributed by atoms with van der Waals surface area (Å²) >= 11 is 5.95. The normalized spacial score (nSPS) is 16.0. The minimum atomic E-state index is -0.282. The van der Waals surface area contributed by atoms with Crippen LogP contribution in [0.4, 0.5) is 17.1 Å². The maximum absolute atomic E-state index is 13.1. The second-order valence-electron chi connectivity index (χ2n) is 6.51. The van der Waals surface area contributed by atoms with Crippen LogP contribution in [0, 0.1) is 11.3 Å². The Morgan fingerprint density at radius 3 is 2.85 bits per heavy atom. The summed E-state index contributed by atoms with van der Waals surface area (Å²) in [6.07, 6.45) is 0.217. The third kappa shape index (κ3) is 3.88. The highest BCUT2D eigenvalue weighted by Crippen LogP contribution is 2.31. The molecule has 0 spiro atoms. The molecule has 1 atom stereocenters. The summed E-state index contributed by atoms with van der Waals surface area (Å²) in [5, 5.41) is 12.6. The monoisotopic (exact) mass is 382 g/mol. The molecule has 0 bridgehead atoms. The zero-order chi connectivity index (χ0) is 19.6. The number of carbonyl (C=O) groups excluding carboxylic acids is 2. The van der Waals surface area contributed by atoms with Crippen molar-refractivity contribution < 1.29 is 9.59 Å². The SMILES string of the molecule is CC1CC(=O)Nc2ccccc2N1C(=O)CN(C)c1ccc(Cl)cc1C#N. The predicted octanol–water partition coefficient (Wildman–Crippen LogP) is 3.41. The van der Waals surface area contributed by atoms with Gasteiger partial charge in [-0.05, 0) is 37.3 Å². The number of nitrogens with one attached hydrogen (secondary N) is 1. The van der Waals surface area contributed by atoms with E-state index in [0.29, 0.717) is 27.6 Å². The molecule has 0 aliphatic carbocycles. The Labute approximate surface area is 162 Å². The molecule has 0 fully saturated rings. The first-order valence-electron chi connectivity index (χ1n) is 8.52. The molecule has 2 aromatic carbocycles. The Kier molecular flexibility index (Phi) is 5.33. The molecule has 138 valence electrons. The summed E-state index contributed by atoms with van der Waals surface area (Å²) in [4.78, 5) is 28.6. The fourth-order valence-corrected chi connectivity index (χ4v) is 3.43. The smallest absolute Gasteiger partial charge is 0.246 e. The number of nitrogens with zero attached hydrogens (tertiary/aromatic N) is 3. The van der Waals surface area contributed by atoms with Crippen LogP contribution in [0.1, 0.15) is 18.9 Å². The number of nitriles is 1. The molecule has 0 saturated heterocycles. The number of carbonyl (C=O) groups is 2. The maximum atomic E-state index is 13.1. The molecule has 3 rings (SSSR count). The number of para-hydroxylation sites is 2. The van der Waals surface area contributed by atoms with Gasteiger partial charge in [-0.25, -0.2) is 0 Å². The van der Waals surface area contributed by atoms with Gasteiger partial charge in [0.1, 0.15) is 6.07 Å². The van der Waals surface area contributed by atoms with Crippen LogP contribution in [0.15, 0.2) is 42.5 Å². The molecule has 2 aromatic rings. The van der Waals surface area contributed by atoms with Gasteiger partial charge in [-0.2, -0.15) is 5.26 Å². The molecule has 1 heterocycles. The molecule has 2 amide bonds. The quantitative estimate of drug-likeness (QED) is 0.882. The van der Waals surface area contributed by atoms with Crippen molar-refractivity contribution in [3.8, 4) is 6.07 Å². The Balaban J connectivity index is 1.89. The highest BCUT2D eigenvalue weighted by molar-refractivity contribution is 6.30. The first kappa shape index (κ1) is 18.7. The van der Waals surface area contributed by atoms with Crippen molar-refractivity contribution >= 4 is 40.5 Å². The molecule has 1 N–H and O–H groups in total. The molecular formula is C20H19ClN4O2. The topological polar surface area (TPSA) is 76.4 Å². The van der Waals surface area contributed by atoms with E-state index < -0.39 is 0 Å². The van der Waals surface area contributed by atoms with Crippen molar-refractivity contribution in [3.63, 3.8) is 0 Å². The average molecular weight is 383 g/mol. The largest absolute Gasteiger partial charge is 0.364 e. The summed E-state index contributed by atoms with van der Waals surface area (Å²) in [5.74, 6) is -0.282. The van der Waals surface area contributed by atoms with Gasteiger partial charge >= 0.3 is 0 Å². The molecular weight excluding hydrogens is 364 g/mol.